The van der Waals surface area contributed by atoms with Gasteiger partial charge in [-0.2, -0.15) is 17.6 Å². The molecule has 0 amide bonds. The summed E-state index contributed by atoms with van der Waals surface area (Å²) in [7, 11) is 0. The van der Waals surface area contributed by atoms with Gasteiger partial charge in [0.05, 0.1) is 17.0 Å². The van der Waals surface area contributed by atoms with Crippen molar-refractivity contribution in [1.82, 2.24) is 4.98 Å². The smallest absolute Gasteiger partial charge is 0.264 e. The molecule has 2 aliphatic heterocycles. The molecule has 7 heteroatoms. The fraction of sp³-hybridized carbons (Fsp3) is 0.294. The number of hydrogen-bond acceptors (Lipinski definition) is 3. The lowest BCUT2D eigenvalue weighted by molar-refractivity contribution is -0.321. The second-order valence-corrected chi connectivity index (χ2v) is 5.79. The van der Waals surface area contributed by atoms with E-state index in [1.165, 1.54) is 0 Å². The number of pyridine rings is 1. The second-order valence-electron chi connectivity index (χ2n) is 5.79. The third-order valence-corrected chi connectivity index (χ3v) is 4.34. The molecule has 0 radical (unpaired) electrons. The fourth-order valence-electron chi connectivity index (χ4n) is 3.14. The first-order valence-corrected chi connectivity index (χ1v) is 7.46. The van der Waals surface area contributed by atoms with E-state index in [2.05, 4.69) is 14.7 Å². The predicted octanol–water partition coefficient (Wildman–Crippen LogP) is 4.17. The molecule has 1 aliphatic carbocycles. The van der Waals surface area contributed by atoms with Crippen LogP contribution in [0.3, 0.4) is 0 Å². The second kappa shape index (κ2) is 4.86. The lowest BCUT2D eigenvalue weighted by atomic mass is 9.92. The summed E-state index contributed by atoms with van der Waals surface area (Å²) in [5.74, 6) is 0. The number of nitrogens with zero attached hydrogens (tertiary/aromatic N) is 2. The van der Waals surface area contributed by atoms with Crippen molar-refractivity contribution in [2.45, 2.75) is 32.0 Å². The Balaban J connectivity index is 1.77. The Morgan fingerprint density at radius 2 is 1.96 bits per heavy atom. The molecular formula is C17H12F4N2O. The zero-order chi connectivity index (χ0) is 17.1. The molecule has 0 fully saturated rings. The SMILES string of the molecule is CCc1cnccc1C1=NC2=CC3=C(CC2=C1)C(F)(F)OC3(F)F. The first-order chi connectivity index (χ1) is 11.3. The van der Waals surface area contributed by atoms with Crippen LogP contribution in [0, 0.1) is 0 Å². The topological polar surface area (TPSA) is 34.5 Å². The molecule has 0 bridgehead atoms. The normalized spacial score (nSPS) is 23.5. The van der Waals surface area contributed by atoms with Gasteiger partial charge in [-0.25, -0.2) is 9.73 Å². The Bertz CT molecular complexity index is 865. The number of aromatic nitrogens is 1. The van der Waals surface area contributed by atoms with Gasteiger partial charge >= 0.3 is 12.2 Å². The monoisotopic (exact) mass is 336 g/mol. The number of allylic oxidation sites excluding steroid dienone is 2. The Labute approximate surface area is 135 Å². The van der Waals surface area contributed by atoms with Crippen LogP contribution in [0.1, 0.15) is 24.5 Å². The maximum Gasteiger partial charge on any atom is 0.388 e. The van der Waals surface area contributed by atoms with Gasteiger partial charge in [0.2, 0.25) is 0 Å². The summed E-state index contributed by atoms with van der Waals surface area (Å²) in [6.07, 6.45) is -1.55. The minimum atomic E-state index is -4.00. The highest BCUT2D eigenvalue weighted by molar-refractivity contribution is 6.13. The van der Waals surface area contributed by atoms with Crippen LogP contribution in [0.15, 0.2) is 58.0 Å². The largest absolute Gasteiger partial charge is 0.388 e. The van der Waals surface area contributed by atoms with Crippen molar-refractivity contribution in [2.75, 3.05) is 0 Å². The molecule has 0 N–H and O–H groups in total. The standard InChI is InChI=1S/C17H12F4N2O/c1-2-9-8-22-4-3-11(9)15-6-10-5-12-13(7-14(10)23-15)17(20,21)24-16(12,18)19/h3-4,6-8H,2,5H2,1H3. The van der Waals surface area contributed by atoms with E-state index >= 15 is 0 Å². The van der Waals surface area contributed by atoms with E-state index in [1.54, 1.807) is 24.5 Å². The Morgan fingerprint density at radius 1 is 1.17 bits per heavy atom. The number of ether oxygens (including phenoxy) is 1. The van der Waals surface area contributed by atoms with Crippen LogP contribution in [0.2, 0.25) is 0 Å². The molecule has 24 heavy (non-hydrogen) atoms. The maximum atomic E-state index is 13.7. The number of aryl methyl sites for hydroxylation is 1. The summed E-state index contributed by atoms with van der Waals surface area (Å²) >= 11 is 0. The minimum absolute atomic E-state index is 0.281. The van der Waals surface area contributed by atoms with E-state index in [9.17, 15) is 17.6 Å². The van der Waals surface area contributed by atoms with Gasteiger partial charge in [-0.15, -0.1) is 0 Å². The van der Waals surface area contributed by atoms with Crippen molar-refractivity contribution in [1.29, 1.82) is 0 Å². The van der Waals surface area contributed by atoms with Gasteiger partial charge in [-0.1, -0.05) is 6.92 Å². The maximum absolute atomic E-state index is 13.7. The molecule has 0 unspecified atom stereocenters. The van der Waals surface area contributed by atoms with Crippen LogP contribution in [-0.2, 0) is 11.2 Å². The Hall–Kier alpha value is -2.28. The quantitative estimate of drug-likeness (QED) is 0.760. The molecule has 0 atom stereocenters. The number of fused-ring (bicyclic) bond motifs is 1. The van der Waals surface area contributed by atoms with Gasteiger partial charge in [-0.3, -0.25) is 4.98 Å². The summed E-state index contributed by atoms with van der Waals surface area (Å²) in [6, 6.07) is 1.78. The molecule has 1 aromatic rings. The van der Waals surface area contributed by atoms with Crippen LogP contribution in [0.5, 0.6) is 0 Å². The van der Waals surface area contributed by atoms with Crippen molar-refractivity contribution < 1.29 is 22.3 Å². The van der Waals surface area contributed by atoms with Crippen LogP contribution in [-0.4, -0.2) is 22.9 Å². The van der Waals surface area contributed by atoms with Gasteiger partial charge in [0.1, 0.15) is 0 Å². The Kier molecular flexibility index (Phi) is 3.09. The van der Waals surface area contributed by atoms with Gasteiger partial charge in [-0.05, 0) is 35.8 Å². The molecule has 124 valence electrons. The fourth-order valence-corrected chi connectivity index (χ4v) is 3.14. The number of alkyl halides is 4. The van der Waals surface area contributed by atoms with Crippen LogP contribution < -0.4 is 0 Å². The first kappa shape index (κ1) is 15.3. The average Bonchev–Trinajstić information content (AvgIpc) is 3.02. The van der Waals surface area contributed by atoms with Crippen molar-refractivity contribution >= 4 is 5.71 Å². The highest BCUT2D eigenvalue weighted by Gasteiger charge is 2.59. The summed E-state index contributed by atoms with van der Waals surface area (Å²) in [5, 5.41) is 0. The highest BCUT2D eigenvalue weighted by Crippen LogP contribution is 2.53. The molecular weight excluding hydrogens is 324 g/mol. The molecule has 1 aromatic heterocycles. The lowest BCUT2D eigenvalue weighted by Crippen LogP contribution is -2.25. The van der Waals surface area contributed by atoms with E-state index in [1.807, 2.05) is 6.92 Å². The van der Waals surface area contributed by atoms with Gasteiger partial charge < -0.3 is 0 Å². The first-order valence-electron chi connectivity index (χ1n) is 7.46. The van der Waals surface area contributed by atoms with Crippen molar-refractivity contribution in [2.24, 2.45) is 4.99 Å². The van der Waals surface area contributed by atoms with Crippen LogP contribution >= 0.6 is 0 Å². The van der Waals surface area contributed by atoms with Gasteiger partial charge in [0, 0.05) is 30.0 Å². The number of aliphatic imine (C=N–C) groups is 1. The molecule has 0 saturated heterocycles. The molecule has 3 nitrogen and oxygen atoms in total. The zero-order valence-electron chi connectivity index (χ0n) is 12.6. The molecule has 0 aromatic carbocycles. The summed E-state index contributed by atoms with van der Waals surface area (Å²) in [4.78, 5) is 8.40. The number of rotatable bonds is 2. The molecule has 3 aliphatic rings. The van der Waals surface area contributed by atoms with Crippen molar-refractivity contribution in [3.8, 4) is 0 Å². The van der Waals surface area contributed by atoms with Crippen LogP contribution in [0.25, 0.3) is 0 Å². The number of hydrogen-bond donors (Lipinski definition) is 0. The molecule has 3 heterocycles. The highest BCUT2D eigenvalue weighted by atomic mass is 19.3. The minimum Gasteiger partial charge on any atom is -0.264 e. The average molecular weight is 336 g/mol. The van der Waals surface area contributed by atoms with Gasteiger partial charge in [0.25, 0.3) is 0 Å². The Morgan fingerprint density at radius 3 is 2.71 bits per heavy atom. The molecule has 0 spiro atoms. The third kappa shape index (κ3) is 2.15. The molecule has 4 rings (SSSR count). The van der Waals surface area contributed by atoms with Gasteiger partial charge in [0.15, 0.2) is 0 Å². The summed E-state index contributed by atoms with van der Waals surface area (Å²) < 4.78 is 58.4. The summed E-state index contributed by atoms with van der Waals surface area (Å²) in [6.45, 7) is 1.96. The third-order valence-electron chi connectivity index (χ3n) is 4.34. The lowest BCUT2D eigenvalue weighted by Gasteiger charge is -2.15. The summed E-state index contributed by atoms with van der Waals surface area (Å²) in [5.41, 5.74) is 1.65. The molecule has 0 saturated carbocycles. The van der Waals surface area contributed by atoms with Crippen LogP contribution in [0.4, 0.5) is 17.6 Å². The zero-order valence-corrected chi connectivity index (χ0v) is 12.6. The van der Waals surface area contributed by atoms with E-state index in [0.717, 1.165) is 23.6 Å². The van der Waals surface area contributed by atoms with Crippen molar-refractivity contribution in [3.63, 3.8) is 0 Å². The van der Waals surface area contributed by atoms with E-state index < -0.39 is 23.4 Å². The number of halogens is 4. The van der Waals surface area contributed by atoms with E-state index in [4.69, 9.17) is 0 Å². The predicted molar refractivity (Wildman–Crippen MR) is 78.9 cm³/mol. The van der Waals surface area contributed by atoms with Crippen molar-refractivity contribution in [3.05, 3.63) is 64.2 Å². The van der Waals surface area contributed by atoms with E-state index in [-0.39, 0.29) is 12.1 Å². The van der Waals surface area contributed by atoms with E-state index in [0.29, 0.717) is 11.3 Å².